The molecule has 4 amide bonds. The first-order valence-corrected chi connectivity index (χ1v) is 6.35. The Morgan fingerprint density at radius 2 is 2.39 bits per heavy atom. The van der Waals surface area contributed by atoms with Gasteiger partial charge in [0.25, 0.3) is 0 Å². The Hall–Kier alpha value is -1.83. The summed E-state index contributed by atoms with van der Waals surface area (Å²) in [6.07, 6.45) is 3.37. The van der Waals surface area contributed by atoms with Crippen LogP contribution >= 0.6 is 11.8 Å². The number of hydrazone groups is 1. The molecule has 0 unspecified atom stereocenters. The third kappa shape index (κ3) is 2.70. The minimum Gasteiger partial charge on any atom is -0.330 e. The Labute approximate surface area is 108 Å². The standard InChI is InChI=1S/C10H11N4O3S/c15-5-2-11-9(16)13-3-4-14(10(13)17)12-8-1-6-18-7-8/h1,6H,2-4,7H2,(H,11,16). The molecule has 2 aliphatic heterocycles. The Kier molecular flexibility index (Phi) is 3.98. The first kappa shape index (κ1) is 12.6. The van der Waals surface area contributed by atoms with Crippen LogP contribution in [0.1, 0.15) is 0 Å². The molecular weight excluding hydrogens is 256 g/mol. The Balaban J connectivity index is 1.96. The number of allylic oxidation sites excluding steroid dienone is 1. The summed E-state index contributed by atoms with van der Waals surface area (Å²) < 4.78 is 0. The van der Waals surface area contributed by atoms with Gasteiger partial charge in [0, 0.05) is 5.75 Å². The molecular formula is C10H11N4O3S. The lowest BCUT2D eigenvalue weighted by molar-refractivity contribution is 0.186. The summed E-state index contributed by atoms with van der Waals surface area (Å²) in [6, 6.07) is -1.07. The largest absolute Gasteiger partial charge is 0.348 e. The van der Waals surface area contributed by atoms with Crippen molar-refractivity contribution in [3.63, 3.8) is 0 Å². The van der Waals surface area contributed by atoms with E-state index in [4.69, 9.17) is 0 Å². The lowest BCUT2D eigenvalue weighted by atomic mass is 10.4. The number of rotatable bonds is 3. The number of hydrogen-bond donors (Lipinski definition) is 1. The highest BCUT2D eigenvalue weighted by atomic mass is 32.2. The number of amides is 4. The van der Waals surface area contributed by atoms with Crippen LogP contribution in [0.15, 0.2) is 16.6 Å². The van der Waals surface area contributed by atoms with Crippen LogP contribution in [0.4, 0.5) is 9.59 Å². The maximum Gasteiger partial charge on any atom is 0.348 e. The van der Waals surface area contributed by atoms with Gasteiger partial charge in [0.15, 0.2) is 0 Å². The van der Waals surface area contributed by atoms with Gasteiger partial charge in [-0.05, 0) is 11.5 Å². The van der Waals surface area contributed by atoms with Crippen molar-refractivity contribution in [2.45, 2.75) is 0 Å². The quantitative estimate of drug-likeness (QED) is 0.789. The Morgan fingerprint density at radius 3 is 3.06 bits per heavy atom. The molecule has 0 aliphatic carbocycles. The minimum atomic E-state index is -0.595. The predicted octanol–water partition coefficient (Wildman–Crippen LogP) is 0.160. The summed E-state index contributed by atoms with van der Waals surface area (Å²) in [6.45, 7) is 0.396. The number of carbonyl (C=O) groups excluding carboxylic acids is 3. The van der Waals surface area contributed by atoms with Crippen LogP contribution in [0.2, 0.25) is 0 Å². The van der Waals surface area contributed by atoms with Crippen molar-refractivity contribution in [2.24, 2.45) is 5.10 Å². The molecule has 0 bridgehead atoms. The predicted molar refractivity (Wildman–Crippen MR) is 66.9 cm³/mol. The fourth-order valence-electron chi connectivity index (χ4n) is 1.54. The molecule has 0 aromatic rings. The Morgan fingerprint density at radius 1 is 1.56 bits per heavy atom. The molecule has 1 fully saturated rings. The van der Waals surface area contributed by atoms with Crippen molar-refractivity contribution in [1.29, 1.82) is 0 Å². The van der Waals surface area contributed by atoms with Crippen molar-refractivity contribution in [3.8, 4) is 0 Å². The first-order chi connectivity index (χ1) is 8.72. The van der Waals surface area contributed by atoms with Gasteiger partial charge >= 0.3 is 12.1 Å². The fourth-order valence-corrected chi connectivity index (χ4v) is 2.21. The highest BCUT2D eigenvalue weighted by molar-refractivity contribution is 8.03. The summed E-state index contributed by atoms with van der Waals surface area (Å²) in [7, 11) is 0. The van der Waals surface area contributed by atoms with Crippen LogP contribution in [-0.4, -0.2) is 59.4 Å². The molecule has 1 N–H and O–H groups in total. The van der Waals surface area contributed by atoms with Gasteiger partial charge in [0.1, 0.15) is 0 Å². The molecule has 18 heavy (non-hydrogen) atoms. The second-order valence-corrected chi connectivity index (χ2v) is 4.46. The monoisotopic (exact) mass is 267 g/mol. The molecule has 2 aliphatic rings. The van der Waals surface area contributed by atoms with Gasteiger partial charge in [0.2, 0.25) is 6.29 Å². The van der Waals surface area contributed by atoms with Crippen molar-refractivity contribution in [3.05, 3.63) is 11.5 Å². The van der Waals surface area contributed by atoms with E-state index in [1.54, 1.807) is 11.8 Å². The second-order valence-electron chi connectivity index (χ2n) is 3.57. The van der Waals surface area contributed by atoms with Gasteiger partial charge in [-0.15, -0.1) is 11.8 Å². The lowest BCUT2D eigenvalue weighted by Gasteiger charge is -2.14. The summed E-state index contributed by atoms with van der Waals surface area (Å²) in [5, 5.41) is 9.60. The first-order valence-electron chi connectivity index (χ1n) is 5.30. The smallest absolute Gasteiger partial charge is 0.330 e. The second kappa shape index (κ2) is 5.67. The highest BCUT2D eigenvalue weighted by Gasteiger charge is 2.33. The SMILES string of the molecule is O=[C]CNC(=O)N1CCN(N=C2C=CSC2)C1=O. The van der Waals surface area contributed by atoms with Gasteiger partial charge in [0.05, 0.1) is 25.3 Å². The molecule has 2 rings (SSSR count). The van der Waals surface area contributed by atoms with Crippen LogP contribution in [0.3, 0.4) is 0 Å². The van der Waals surface area contributed by atoms with Crippen molar-refractivity contribution < 1.29 is 14.4 Å². The topological polar surface area (TPSA) is 82.1 Å². The van der Waals surface area contributed by atoms with Gasteiger partial charge in [-0.3, -0.25) is 4.79 Å². The van der Waals surface area contributed by atoms with E-state index in [-0.39, 0.29) is 13.1 Å². The Bertz CT molecular complexity index is 435. The molecule has 0 spiro atoms. The van der Waals surface area contributed by atoms with E-state index in [1.807, 2.05) is 11.5 Å². The fraction of sp³-hybridized carbons (Fsp3) is 0.400. The molecule has 0 aromatic heterocycles. The zero-order valence-corrected chi connectivity index (χ0v) is 10.3. The summed E-state index contributed by atoms with van der Waals surface area (Å²) in [4.78, 5) is 34.4. The molecule has 2 heterocycles. The third-order valence-corrected chi connectivity index (χ3v) is 3.17. The van der Waals surface area contributed by atoms with Crippen molar-refractivity contribution in [1.82, 2.24) is 15.2 Å². The average Bonchev–Trinajstić information content (AvgIpc) is 2.98. The molecule has 0 aromatic carbocycles. The normalized spacial score (nSPS) is 20.9. The van der Waals surface area contributed by atoms with Crippen LogP contribution in [0.25, 0.3) is 0 Å². The van der Waals surface area contributed by atoms with E-state index in [0.29, 0.717) is 6.54 Å². The molecule has 0 saturated carbocycles. The summed E-state index contributed by atoms with van der Waals surface area (Å²) in [5.41, 5.74) is 0.803. The molecule has 1 saturated heterocycles. The number of hydrogen-bond acceptors (Lipinski definition) is 5. The molecule has 8 heteroatoms. The minimum absolute atomic E-state index is 0.226. The van der Waals surface area contributed by atoms with Crippen LogP contribution < -0.4 is 5.32 Å². The third-order valence-electron chi connectivity index (χ3n) is 2.38. The van der Waals surface area contributed by atoms with E-state index in [2.05, 4.69) is 10.4 Å². The molecule has 95 valence electrons. The number of nitrogens with one attached hydrogen (secondary N) is 1. The number of carbonyl (C=O) groups is 2. The maximum absolute atomic E-state index is 11.9. The number of thioether (sulfide) groups is 1. The number of imide groups is 1. The van der Waals surface area contributed by atoms with Gasteiger partial charge in [-0.2, -0.15) is 5.10 Å². The summed E-state index contributed by atoms with van der Waals surface area (Å²) in [5.74, 6) is 0.732. The van der Waals surface area contributed by atoms with Crippen molar-refractivity contribution >= 4 is 35.8 Å². The van der Waals surface area contributed by atoms with Crippen molar-refractivity contribution in [2.75, 3.05) is 25.4 Å². The molecule has 7 nitrogen and oxygen atoms in total. The average molecular weight is 267 g/mol. The van der Waals surface area contributed by atoms with Gasteiger partial charge in [-0.1, -0.05) is 0 Å². The van der Waals surface area contributed by atoms with Crippen LogP contribution in [-0.2, 0) is 4.79 Å². The number of urea groups is 2. The van der Waals surface area contributed by atoms with E-state index >= 15 is 0 Å². The number of nitrogens with zero attached hydrogens (tertiary/aromatic N) is 3. The van der Waals surface area contributed by atoms with E-state index < -0.39 is 12.1 Å². The molecule has 1 radical (unpaired) electrons. The highest BCUT2D eigenvalue weighted by Crippen LogP contribution is 2.15. The molecule has 0 atom stereocenters. The zero-order valence-electron chi connectivity index (χ0n) is 9.46. The van der Waals surface area contributed by atoms with Crippen LogP contribution in [0, 0.1) is 0 Å². The summed E-state index contributed by atoms with van der Waals surface area (Å²) >= 11 is 1.60. The van der Waals surface area contributed by atoms with Gasteiger partial charge < -0.3 is 5.32 Å². The van der Waals surface area contributed by atoms with Gasteiger partial charge in [-0.25, -0.2) is 19.5 Å². The maximum atomic E-state index is 11.9. The van der Waals surface area contributed by atoms with E-state index in [0.717, 1.165) is 16.4 Å². The van der Waals surface area contributed by atoms with E-state index in [1.165, 1.54) is 11.3 Å². The zero-order chi connectivity index (χ0) is 13.0. The lowest BCUT2D eigenvalue weighted by Crippen LogP contribution is -2.42. The van der Waals surface area contributed by atoms with Crippen LogP contribution in [0.5, 0.6) is 0 Å². The van der Waals surface area contributed by atoms with E-state index in [9.17, 15) is 14.4 Å².